The normalized spacial score (nSPS) is 11.8. The summed E-state index contributed by atoms with van der Waals surface area (Å²) >= 11 is 0.729. The van der Waals surface area contributed by atoms with Crippen molar-refractivity contribution in [2.45, 2.75) is 59.1 Å². The molecule has 0 saturated carbocycles. The van der Waals surface area contributed by atoms with Gasteiger partial charge in [-0.2, -0.15) is 0 Å². The zero-order chi connectivity index (χ0) is 22.7. The minimum atomic E-state index is -0.637. The molecule has 0 radical (unpaired) electrons. The van der Waals surface area contributed by atoms with E-state index in [1.807, 2.05) is 25.1 Å². The summed E-state index contributed by atoms with van der Waals surface area (Å²) in [6, 6.07) is 6.94. The quantitative estimate of drug-likeness (QED) is 0.485. The van der Waals surface area contributed by atoms with Crippen LogP contribution < -0.4 is 21.5 Å². The van der Waals surface area contributed by atoms with E-state index in [0.29, 0.717) is 5.69 Å². The number of amides is 4. The van der Waals surface area contributed by atoms with E-state index >= 15 is 0 Å². The highest BCUT2D eigenvalue weighted by Crippen LogP contribution is 2.16. The third kappa shape index (κ3) is 10.7. The molecular weight excluding hydrogens is 408 g/mol. The molecule has 0 spiro atoms. The minimum Gasteiger partial charge on any atom is -0.444 e. The molecule has 10 heteroatoms. The van der Waals surface area contributed by atoms with Crippen molar-refractivity contribution < 1.29 is 23.9 Å². The molecule has 30 heavy (non-hydrogen) atoms. The van der Waals surface area contributed by atoms with Gasteiger partial charge in [-0.1, -0.05) is 36.9 Å². The van der Waals surface area contributed by atoms with E-state index in [-0.39, 0.29) is 18.1 Å². The van der Waals surface area contributed by atoms with Crippen LogP contribution in [-0.2, 0) is 20.7 Å². The van der Waals surface area contributed by atoms with Gasteiger partial charge < -0.3 is 15.4 Å². The summed E-state index contributed by atoms with van der Waals surface area (Å²) in [4.78, 5) is 47.4. The van der Waals surface area contributed by atoms with Crippen molar-refractivity contribution in [2.75, 3.05) is 11.1 Å². The van der Waals surface area contributed by atoms with Gasteiger partial charge in [0, 0.05) is 18.2 Å². The Kier molecular flexibility index (Phi) is 10.2. The maximum atomic E-state index is 12.0. The fourth-order valence-electron chi connectivity index (χ4n) is 2.31. The number of aryl methyl sites for hydroxylation is 1. The number of carbonyl (C=O) groups is 4. The summed E-state index contributed by atoms with van der Waals surface area (Å²) in [5.74, 6) is -0.914. The molecule has 0 fully saturated rings. The van der Waals surface area contributed by atoms with Crippen LogP contribution in [0.5, 0.6) is 0 Å². The van der Waals surface area contributed by atoms with Crippen LogP contribution in [0.1, 0.15) is 46.6 Å². The van der Waals surface area contributed by atoms with Crippen LogP contribution in [0.4, 0.5) is 15.3 Å². The molecule has 9 nitrogen and oxygen atoms in total. The number of rotatable bonds is 7. The summed E-state index contributed by atoms with van der Waals surface area (Å²) in [5.41, 5.74) is 5.54. The molecular formula is C20H30N4O5S. The number of anilines is 1. The van der Waals surface area contributed by atoms with Crippen molar-refractivity contribution in [3.05, 3.63) is 29.8 Å². The minimum absolute atomic E-state index is 0.0571. The Hall–Kier alpha value is -2.75. The SMILES string of the molecule is CCc1ccccc1NC(=O)CSC(=O)NNC(=O)C[C@@H](C)NC(=O)OC(C)(C)C. The van der Waals surface area contributed by atoms with Crippen LogP contribution in [-0.4, -0.2) is 40.5 Å². The maximum Gasteiger partial charge on any atom is 0.407 e. The van der Waals surface area contributed by atoms with Crippen molar-refractivity contribution >= 4 is 40.6 Å². The number of hydrogen-bond donors (Lipinski definition) is 4. The lowest BCUT2D eigenvalue weighted by molar-refractivity contribution is -0.122. The highest BCUT2D eigenvalue weighted by molar-refractivity contribution is 8.14. The number of hydrogen-bond acceptors (Lipinski definition) is 6. The molecule has 0 unspecified atom stereocenters. The van der Waals surface area contributed by atoms with E-state index < -0.39 is 28.9 Å². The summed E-state index contributed by atoms with van der Waals surface area (Å²) in [5, 5.41) is 4.72. The van der Waals surface area contributed by atoms with Gasteiger partial charge in [-0.3, -0.25) is 25.2 Å². The molecule has 0 aliphatic rings. The number of alkyl carbamates (subject to hydrolysis) is 1. The van der Waals surface area contributed by atoms with Crippen molar-refractivity contribution in [2.24, 2.45) is 0 Å². The van der Waals surface area contributed by atoms with Gasteiger partial charge in [0.25, 0.3) is 5.24 Å². The molecule has 1 rings (SSSR count). The zero-order valence-electron chi connectivity index (χ0n) is 18.0. The van der Waals surface area contributed by atoms with E-state index in [1.54, 1.807) is 33.8 Å². The summed E-state index contributed by atoms with van der Waals surface area (Å²) in [7, 11) is 0. The first-order chi connectivity index (χ1) is 14.0. The predicted molar refractivity (Wildman–Crippen MR) is 117 cm³/mol. The Morgan fingerprint density at radius 3 is 2.37 bits per heavy atom. The van der Waals surface area contributed by atoms with Gasteiger partial charge in [0.15, 0.2) is 0 Å². The monoisotopic (exact) mass is 438 g/mol. The second-order valence-electron chi connectivity index (χ2n) is 7.56. The first kappa shape index (κ1) is 25.3. The number of hydrazine groups is 1. The number of ether oxygens (including phenoxy) is 1. The fraction of sp³-hybridized carbons (Fsp3) is 0.500. The zero-order valence-corrected chi connectivity index (χ0v) is 18.8. The van der Waals surface area contributed by atoms with Crippen molar-refractivity contribution in [3.8, 4) is 0 Å². The third-order valence-corrected chi connectivity index (χ3v) is 4.34. The fourth-order valence-corrected chi connectivity index (χ4v) is 2.77. The Labute approximate surface area is 181 Å². The second-order valence-corrected chi connectivity index (χ2v) is 8.51. The lowest BCUT2D eigenvalue weighted by Gasteiger charge is -2.21. The first-order valence-corrected chi connectivity index (χ1v) is 10.6. The lowest BCUT2D eigenvalue weighted by Crippen LogP contribution is -2.44. The molecule has 0 aliphatic heterocycles. The van der Waals surface area contributed by atoms with Gasteiger partial charge in [-0.05, 0) is 45.7 Å². The van der Waals surface area contributed by atoms with Crippen LogP contribution >= 0.6 is 11.8 Å². The molecule has 1 aromatic carbocycles. The van der Waals surface area contributed by atoms with Crippen LogP contribution in [0.3, 0.4) is 0 Å². The molecule has 1 atom stereocenters. The van der Waals surface area contributed by atoms with Gasteiger partial charge in [0.1, 0.15) is 5.60 Å². The standard InChI is InChI=1S/C20H30N4O5S/c1-6-14-9-7-8-10-15(14)22-17(26)12-30-19(28)24-23-16(25)11-13(2)21-18(27)29-20(3,4)5/h7-10,13H,6,11-12H2,1-5H3,(H,21,27)(H,22,26)(H,23,25)(H,24,28)/t13-/m1/s1. The van der Waals surface area contributed by atoms with Crippen LogP contribution in [0, 0.1) is 0 Å². The summed E-state index contributed by atoms with van der Waals surface area (Å²) < 4.78 is 5.11. The van der Waals surface area contributed by atoms with E-state index in [0.717, 1.165) is 23.7 Å². The molecule has 0 aliphatic carbocycles. The second kappa shape index (κ2) is 12.1. The molecule has 4 amide bonds. The van der Waals surface area contributed by atoms with Crippen LogP contribution in [0.25, 0.3) is 0 Å². The summed E-state index contributed by atoms with van der Waals surface area (Å²) in [6.45, 7) is 8.83. The Morgan fingerprint density at radius 2 is 1.73 bits per heavy atom. The van der Waals surface area contributed by atoms with Gasteiger partial charge in [-0.15, -0.1) is 0 Å². The predicted octanol–water partition coefficient (Wildman–Crippen LogP) is 2.96. The Bertz CT molecular complexity index is 764. The van der Waals surface area contributed by atoms with Crippen molar-refractivity contribution in [3.63, 3.8) is 0 Å². The first-order valence-electron chi connectivity index (χ1n) is 9.59. The van der Waals surface area contributed by atoms with Crippen LogP contribution in [0.15, 0.2) is 24.3 Å². The molecule has 0 bridgehead atoms. The van der Waals surface area contributed by atoms with Gasteiger partial charge in [0.05, 0.1) is 5.75 Å². The molecule has 166 valence electrons. The van der Waals surface area contributed by atoms with E-state index in [4.69, 9.17) is 4.74 Å². The molecule has 0 heterocycles. The smallest absolute Gasteiger partial charge is 0.407 e. The number of carbonyl (C=O) groups excluding carboxylic acids is 4. The van der Waals surface area contributed by atoms with Crippen molar-refractivity contribution in [1.29, 1.82) is 0 Å². The largest absolute Gasteiger partial charge is 0.444 e. The number of thioether (sulfide) groups is 1. The molecule has 1 aromatic rings. The lowest BCUT2D eigenvalue weighted by atomic mass is 10.1. The van der Waals surface area contributed by atoms with Crippen molar-refractivity contribution in [1.82, 2.24) is 16.2 Å². The Balaban J connectivity index is 2.29. The number of nitrogens with one attached hydrogen (secondary N) is 4. The third-order valence-electron chi connectivity index (χ3n) is 3.57. The Morgan fingerprint density at radius 1 is 1.07 bits per heavy atom. The topological polar surface area (TPSA) is 126 Å². The van der Waals surface area contributed by atoms with E-state index in [1.165, 1.54) is 0 Å². The van der Waals surface area contributed by atoms with E-state index in [9.17, 15) is 19.2 Å². The average molecular weight is 439 g/mol. The highest BCUT2D eigenvalue weighted by atomic mass is 32.2. The van der Waals surface area contributed by atoms with Gasteiger partial charge in [0.2, 0.25) is 11.8 Å². The van der Waals surface area contributed by atoms with Crippen LogP contribution in [0.2, 0.25) is 0 Å². The molecule has 0 saturated heterocycles. The van der Waals surface area contributed by atoms with E-state index in [2.05, 4.69) is 21.5 Å². The average Bonchev–Trinajstić information content (AvgIpc) is 2.63. The number of para-hydroxylation sites is 1. The number of benzene rings is 1. The van der Waals surface area contributed by atoms with Gasteiger partial charge in [-0.25, -0.2) is 4.79 Å². The summed E-state index contributed by atoms with van der Waals surface area (Å²) in [6.07, 6.45) is 0.0912. The molecule has 4 N–H and O–H groups in total. The highest BCUT2D eigenvalue weighted by Gasteiger charge is 2.19. The maximum absolute atomic E-state index is 12.0. The molecule has 0 aromatic heterocycles. The van der Waals surface area contributed by atoms with Gasteiger partial charge >= 0.3 is 6.09 Å².